The van der Waals surface area contributed by atoms with E-state index in [4.69, 9.17) is 0 Å². The molecule has 0 spiro atoms. The first-order valence-electron chi connectivity index (χ1n) is 5.78. The van der Waals surface area contributed by atoms with Gasteiger partial charge in [-0.2, -0.15) is 0 Å². The first kappa shape index (κ1) is 11.8. The van der Waals surface area contributed by atoms with E-state index in [1.54, 1.807) is 6.26 Å². The summed E-state index contributed by atoms with van der Waals surface area (Å²) >= 11 is 0. The lowest BCUT2D eigenvalue weighted by molar-refractivity contribution is 0.598. The minimum absolute atomic E-state index is 0.684. The highest BCUT2D eigenvalue weighted by atomic mass is 32.2. The molecule has 4 nitrogen and oxygen atoms in total. The van der Waals surface area contributed by atoms with Crippen molar-refractivity contribution in [1.82, 2.24) is 14.9 Å². The number of aryl methyl sites for hydroxylation is 1. The van der Waals surface area contributed by atoms with E-state index in [9.17, 15) is 4.21 Å². The summed E-state index contributed by atoms with van der Waals surface area (Å²) in [5, 5.41) is 3.48. The maximum absolute atomic E-state index is 11.0. The number of nitrogens with zero attached hydrogens (tertiary/aromatic N) is 2. The lowest BCUT2D eigenvalue weighted by atomic mass is 10.4. The molecule has 1 aliphatic carbocycles. The van der Waals surface area contributed by atoms with Crippen LogP contribution in [0.4, 0.5) is 0 Å². The average Bonchev–Trinajstić information content (AvgIpc) is 2.96. The van der Waals surface area contributed by atoms with E-state index >= 15 is 0 Å². The molecule has 1 saturated carbocycles. The Hall–Kier alpha value is -0.680. The Morgan fingerprint density at radius 2 is 2.44 bits per heavy atom. The van der Waals surface area contributed by atoms with Gasteiger partial charge in [0.05, 0.1) is 12.0 Å². The van der Waals surface area contributed by atoms with Crippen molar-refractivity contribution >= 4 is 10.8 Å². The summed E-state index contributed by atoms with van der Waals surface area (Å²) in [6.45, 7) is 1.82. The second kappa shape index (κ2) is 5.59. The summed E-state index contributed by atoms with van der Waals surface area (Å²) in [6.07, 6.45) is 9.10. The molecule has 0 aliphatic heterocycles. The SMILES string of the molecule is CS(=O)CCCn1cncc1CNC1CC1. The summed E-state index contributed by atoms with van der Waals surface area (Å²) in [4.78, 5) is 4.17. The third-order valence-electron chi connectivity index (χ3n) is 2.78. The van der Waals surface area contributed by atoms with E-state index < -0.39 is 10.8 Å². The molecule has 1 aromatic heterocycles. The molecule has 0 saturated heterocycles. The molecule has 0 amide bonds. The number of nitrogens with one attached hydrogen (secondary N) is 1. The van der Waals surface area contributed by atoms with E-state index in [2.05, 4.69) is 14.9 Å². The van der Waals surface area contributed by atoms with Gasteiger partial charge in [0.15, 0.2) is 0 Å². The molecule has 1 fully saturated rings. The topological polar surface area (TPSA) is 46.9 Å². The summed E-state index contributed by atoms with van der Waals surface area (Å²) < 4.78 is 13.1. The Bertz CT molecular complexity index is 360. The molecule has 1 unspecified atom stereocenters. The summed E-state index contributed by atoms with van der Waals surface area (Å²) in [5.41, 5.74) is 1.23. The van der Waals surface area contributed by atoms with Crippen LogP contribution in [0, 0.1) is 0 Å². The number of imidazole rings is 1. The Kier molecular flexibility index (Phi) is 4.12. The molecule has 1 aliphatic rings. The molecular weight excluding hydrogens is 222 g/mol. The lowest BCUT2D eigenvalue weighted by Gasteiger charge is -2.08. The molecular formula is C11H19N3OS. The van der Waals surface area contributed by atoms with Crippen LogP contribution in [0.15, 0.2) is 12.5 Å². The van der Waals surface area contributed by atoms with Crippen LogP contribution in [0.1, 0.15) is 25.0 Å². The maximum atomic E-state index is 11.0. The van der Waals surface area contributed by atoms with Crippen molar-refractivity contribution in [3.8, 4) is 0 Å². The summed E-state index contributed by atoms with van der Waals surface area (Å²) in [6, 6.07) is 0.728. The number of hydrogen-bond acceptors (Lipinski definition) is 3. The fourth-order valence-electron chi connectivity index (χ4n) is 1.67. The molecule has 0 radical (unpaired) electrons. The molecule has 2 rings (SSSR count). The average molecular weight is 241 g/mol. The zero-order valence-electron chi connectivity index (χ0n) is 9.69. The van der Waals surface area contributed by atoms with Crippen LogP contribution in [0.2, 0.25) is 0 Å². The largest absolute Gasteiger partial charge is 0.333 e. The van der Waals surface area contributed by atoms with Crippen molar-refractivity contribution in [3.63, 3.8) is 0 Å². The minimum atomic E-state index is -0.684. The van der Waals surface area contributed by atoms with Crippen LogP contribution >= 0.6 is 0 Å². The number of rotatable bonds is 7. The van der Waals surface area contributed by atoms with Crippen LogP contribution in [0.5, 0.6) is 0 Å². The fourth-order valence-corrected chi connectivity index (χ4v) is 2.21. The van der Waals surface area contributed by atoms with Gasteiger partial charge in [-0.3, -0.25) is 4.21 Å². The Balaban J connectivity index is 1.78. The second-order valence-electron chi connectivity index (χ2n) is 4.36. The fraction of sp³-hybridized carbons (Fsp3) is 0.727. The molecule has 0 bridgehead atoms. The van der Waals surface area contributed by atoms with Gasteiger partial charge < -0.3 is 9.88 Å². The molecule has 1 aromatic rings. The van der Waals surface area contributed by atoms with Gasteiger partial charge in [-0.1, -0.05) is 0 Å². The predicted molar refractivity (Wildman–Crippen MR) is 65.6 cm³/mol. The maximum Gasteiger partial charge on any atom is 0.0948 e. The standard InChI is InChI=1S/C11H19N3OS/c1-16(15)6-2-5-14-9-12-7-11(14)8-13-10-3-4-10/h7,9-10,13H,2-6,8H2,1H3. The molecule has 5 heteroatoms. The van der Waals surface area contributed by atoms with Crippen LogP contribution in [-0.2, 0) is 23.9 Å². The molecule has 1 atom stereocenters. The molecule has 1 N–H and O–H groups in total. The quantitative estimate of drug-likeness (QED) is 0.771. The summed E-state index contributed by atoms with van der Waals surface area (Å²) in [7, 11) is -0.684. The monoisotopic (exact) mass is 241 g/mol. The van der Waals surface area contributed by atoms with Gasteiger partial charge in [0, 0.05) is 48.1 Å². The third-order valence-corrected chi connectivity index (χ3v) is 3.64. The van der Waals surface area contributed by atoms with Crippen LogP contribution < -0.4 is 5.32 Å². The second-order valence-corrected chi connectivity index (χ2v) is 5.92. The zero-order valence-corrected chi connectivity index (χ0v) is 10.5. The summed E-state index contributed by atoms with van der Waals surface area (Å²) in [5.74, 6) is 0.772. The van der Waals surface area contributed by atoms with Gasteiger partial charge in [-0.15, -0.1) is 0 Å². The van der Waals surface area contributed by atoms with E-state index in [0.717, 1.165) is 31.3 Å². The van der Waals surface area contributed by atoms with Crippen molar-refractivity contribution in [3.05, 3.63) is 18.2 Å². The lowest BCUT2D eigenvalue weighted by Crippen LogP contribution is -2.18. The first-order chi connectivity index (χ1) is 7.75. The number of aromatic nitrogens is 2. The first-order valence-corrected chi connectivity index (χ1v) is 7.51. The Morgan fingerprint density at radius 3 is 3.12 bits per heavy atom. The predicted octanol–water partition coefficient (Wildman–Crippen LogP) is 0.904. The van der Waals surface area contributed by atoms with Gasteiger partial charge in [-0.25, -0.2) is 4.98 Å². The third kappa shape index (κ3) is 3.72. The van der Waals surface area contributed by atoms with Gasteiger partial charge in [-0.05, 0) is 19.3 Å². The Labute approximate surface area is 98.9 Å². The van der Waals surface area contributed by atoms with Crippen molar-refractivity contribution < 1.29 is 4.21 Å². The highest BCUT2D eigenvalue weighted by Crippen LogP contribution is 2.19. The normalized spacial score (nSPS) is 17.6. The van der Waals surface area contributed by atoms with Crippen LogP contribution in [0.3, 0.4) is 0 Å². The highest BCUT2D eigenvalue weighted by Gasteiger charge is 2.20. The van der Waals surface area contributed by atoms with E-state index in [0.29, 0.717) is 0 Å². The van der Waals surface area contributed by atoms with Crippen molar-refractivity contribution in [2.45, 2.75) is 38.4 Å². The Morgan fingerprint density at radius 1 is 1.62 bits per heavy atom. The van der Waals surface area contributed by atoms with Crippen molar-refractivity contribution in [1.29, 1.82) is 0 Å². The highest BCUT2D eigenvalue weighted by molar-refractivity contribution is 7.84. The van der Waals surface area contributed by atoms with Crippen molar-refractivity contribution in [2.24, 2.45) is 0 Å². The minimum Gasteiger partial charge on any atom is -0.333 e. The van der Waals surface area contributed by atoms with Gasteiger partial charge >= 0.3 is 0 Å². The molecule has 90 valence electrons. The van der Waals surface area contributed by atoms with E-state index in [1.807, 2.05) is 12.5 Å². The number of hydrogen-bond donors (Lipinski definition) is 1. The van der Waals surface area contributed by atoms with Crippen molar-refractivity contribution in [2.75, 3.05) is 12.0 Å². The molecule has 16 heavy (non-hydrogen) atoms. The van der Waals surface area contributed by atoms with Crippen LogP contribution in [-0.4, -0.2) is 31.8 Å². The van der Waals surface area contributed by atoms with Crippen LogP contribution in [0.25, 0.3) is 0 Å². The zero-order chi connectivity index (χ0) is 11.4. The van der Waals surface area contributed by atoms with Gasteiger partial charge in [0.1, 0.15) is 0 Å². The molecule has 0 aromatic carbocycles. The van der Waals surface area contributed by atoms with E-state index in [-0.39, 0.29) is 0 Å². The molecule has 1 heterocycles. The smallest absolute Gasteiger partial charge is 0.0948 e. The van der Waals surface area contributed by atoms with Gasteiger partial charge in [0.2, 0.25) is 0 Å². The van der Waals surface area contributed by atoms with Gasteiger partial charge in [0.25, 0.3) is 0 Å². The van der Waals surface area contributed by atoms with E-state index in [1.165, 1.54) is 18.5 Å².